The van der Waals surface area contributed by atoms with Crippen molar-refractivity contribution in [1.29, 1.82) is 0 Å². The van der Waals surface area contributed by atoms with E-state index >= 15 is 0 Å². The van der Waals surface area contributed by atoms with Gasteiger partial charge in [0.1, 0.15) is 12.3 Å². The Balaban J connectivity index is 1.82. The molecule has 0 spiro atoms. The average molecular weight is 428 g/mol. The van der Waals surface area contributed by atoms with Gasteiger partial charge in [-0.3, -0.25) is 4.79 Å². The maximum absolute atomic E-state index is 14.6. The highest BCUT2D eigenvalue weighted by atomic mass is 19.1. The second kappa shape index (κ2) is 10.7. The number of carbonyl (C=O) groups excluding carboxylic acids is 1. The minimum atomic E-state index is -2.02. The maximum atomic E-state index is 14.6. The van der Waals surface area contributed by atoms with Crippen molar-refractivity contribution in [2.75, 3.05) is 36.2 Å². The van der Waals surface area contributed by atoms with E-state index in [4.69, 9.17) is 16.3 Å². The number of aromatic nitrogens is 2. The molecule has 31 heavy (non-hydrogen) atoms. The van der Waals surface area contributed by atoms with E-state index in [9.17, 15) is 9.18 Å². The number of hydrogen-bond acceptors (Lipinski definition) is 7. The van der Waals surface area contributed by atoms with E-state index in [1.165, 1.54) is 25.3 Å². The lowest BCUT2D eigenvalue weighted by Crippen LogP contribution is -2.07. The largest absolute Gasteiger partial charge is 0.491 e. The molecule has 0 saturated carbocycles. The van der Waals surface area contributed by atoms with Crippen molar-refractivity contribution in [3.05, 3.63) is 73.1 Å². The molecule has 9 heteroatoms. The van der Waals surface area contributed by atoms with Gasteiger partial charge in [-0.05, 0) is 48.5 Å². The van der Waals surface area contributed by atoms with E-state index in [2.05, 4.69) is 32.5 Å². The van der Waals surface area contributed by atoms with Crippen molar-refractivity contribution in [2.24, 2.45) is 0 Å². The molecule has 3 aromatic rings. The molecule has 0 aliphatic carbocycles. The highest BCUT2D eigenvalue weighted by molar-refractivity contribution is 5.99. The summed E-state index contributed by atoms with van der Waals surface area (Å²) < 4.78 is 63.8. The quantitative estimate of drug-likeness (QED) is 0.415. The molecule has 0 radical (unpaired) electrons. The van der Waals surface area contributed by atoms with E-state index in [0.717, 1.165) is 12.1 Å². The van der Waals surface area contributed by atoms with E-state index in [1.54, 1.807) is 12.1 Å². The highest BCUT2D eigenvalue weighted by Crippen LogP contribution is 2.23. The Morgan fingerprint density at radius 1 is 1.26 bits per heavy atom. The summed E-state index contributed by atoms with van der Waals surface area (Å²) in [5.41, 5.74) is 0.537. The number of anilines is 5. The van der Waals surface area contributed by atoms with Crippen LogP contribution in [0.15, 0.2) is 67.3 Å². The van der Waals surface area contributed by atoms with Gasteiger partial charge in [0.2, 0.25) is 11.9 Å². The van der Waals surface area contributed by atoms with Gasteiger partial charge in [0, 0.05) is 24.2 Å². The first-order valence-corrected chi connectivity index (χ1v) is 8.92. The molecule has 1 heterocycles. The van der Waals surface area contributed by atoms with Crippen LogP contribution >= 0.6 is 0 Å². The molecule has 0 aliphatic rings. The molecule has 1 aromatic heterocycles. The summed E-state index contributed by atoms with van der Waals surface area (Å²) in [5, 5.41) is 7.84. The van der Waals surface area contributed by atoms with Crippen LogP contribution in [0.5, 0.6) is 5.75 Å². The maximum Gasteiger partial charge on any atom is 0.247 e. The van der Waals surface area contributed by atoms with Crippen LogP contribution in [-0.2, 0) is 9.53 Å². The lowest BCUT2D eigenvalue weighted by atomic mass is 10.2. The standard InChI is InChI=1S/C22H22FN5O3/c1-3-20(29)25-16-5-4-6-17(13-16)26-21-19(23)14-24-22(28-21)27-15-7-9-18(10-8-15)31-12-11-30-2/h3-10,13-14H,1,11-12H2,2H3,(H,25,29)(H2,24,26,27,28)/i5D,6D,12D2,14D. The summed E-state index contributed by atoms with van der Waals surface area (Å²) >= 11 is 0. The minimum absolute atomic E-state index is 0.0279. The summed E-state index contributed by atoms with van der Waals surface area (Å²) in [6.07, 6.45) is 0.302. The number of amides is 1. The summed E-state index contributed by atoms with van der Waals surface area (Å²) in [7, 11) is 1.36. The number of carbonyl (C=O) groups is 1. The Morgan fingerprint density at radius 3 is 2.77 bits per heavy atom. The molecule has 0 saturated heterocycles. The molecule has 2 aromatic carbocycles. The lowest BCUT2D eigenvalue weighted by Gasteiger charge is -2.11. The molecule has 0 unspecified atom stereocenters. The summed E-state index contributed by atoms with van der Waals surface area (Å²) in [5.74, 6) is -1.93. The number of benzene rings is 2. The molecule has 160 valence electrons. The van der Waals surface area contributed by atoms with E-state index < -0.39 is 30.3 Å². The van der Waals surface area contributed by atoms with Gasteiger partial charge < -0.3 is 25.4 Å². The van der Waals surface area contributed by atoms with Crippen LogP contribution in [0.3, 0.4) is 0 Å². The second-order valence-corrected chi connectivity index (χ2v) is 5.87. The Bertz CT molecular complexity index is 1280. The number of nitrogens with one attached hydrogen (secondary N) is 3. The number of rotatable bonds is 10. The number of halogens is 1. The van der Waals surface area contributed by atoms with Crippen molar-refractivity contribution in [2.45, 2.75) is 0 Å². The zero-order valence-corrected chi connectivity index (χ0v) is 16.5. The first-order valence-electron chi connectivity index (χ1n) is 11.4. The molecular weight excluding hydrogens is 401 g/mol. The zero-order chi connectivity index (χ0) is 26.5. The van der Waals surface area contributed by atoms with Crippen LogP contribution in [0, 0.1) is 5.82 Å². The van der Waals surface area contributed by atoms with Crippen LogP contribution in [0.2, 0.25) is 0 Å². The van der Waals surface area contributed by atoms with Gasteiger partial charge in [-0.1, -0.05) is 12.6 Å². The van der Waals surface area contributed by atoms with Crippen LogP contribution < -0.4 is 20.7 Å². The third kappa shape index (κ3) is 6.51. The summed E-state index contributed by atoms with van der Waals surface area (Å²) in [6.45, 7) is 1.06. The normalized spacial score (nSPS) is 13.0. The predicted octanol–water partition coefficient (Wildman–Crippen LogP) is 4.25. The van der Waals surface area contributed by atoms with Crippen molar-refractivity contribution in [3.8, 4) is 5.75 Å². The number of ether oxygens (including phenoxy) is 2. The van der Waals surface area contributed by atoms with E-state index in [0.29, 0.717) is 5.69 Å². The Labute approximate surface area is 186 Å². The third-order valence-corrected chi connectivity index (χ3v) is 3.63. The molecule has 3 rings (SSSR count). The van der Waals surface area contributed by atoms with Gasteiger partial charge in [0.25, 0.3) is 0 Å². The highest BCUT2D eigenvalue weighted by Gasteiger charge is 2.09. The fourth-order valence-corrected chi connectivity index (χ4v) is 2.26. The van der Waals surface area contributed by atoms with Crippen LogP contribution in [0.1, 0.15) is 6.85 Å². The van der Waals surface area contributed by atoms with Gasteiger partial charge in [-0.25, -0.2) is 9.37 Å². The van der Waals surface area contributed by atoms with Crippen molar-refractivity contribution in [3.63, 3.8) is 0 Å². The summed E-state index contributed by atoms with van der Waals surface area (Å²) in [6, 6.07) is 8.21. The van der Waals surface area contributed by atoms with Crippen LogP contribution in [-0.4, -0.2) is 36.2 Å². The minimum Gasteiger partial charge on any atom is -0.491 e. The first kappa shape index (κ1) is 15.8. The molecule has 8 nitrogen and oxygen atoms in total. The Kier molecular flexibility index (Phi) is 5.45. The fourth-order valence-electron chi connectivity index (χ4n) is 2.26. The SMILES string of the molecule is [2H]c1cc([2H])c(Nc2nc(Nc3ccc(OC([2H])([2H])COC)cc3)nc([2H])c2F)cc1NC(=O)C=C. The van der Waals surface area contributed by atoms with Gasteiger partial charge in [-0.2, -0.15) is 4.98 Å². The van der Waals surface area contributed by atoms with Gasteiger partial charge in [-0.15, -0.1) is 0 Å². The average Bonchev–Trinajstić information content (AvgIpc) is 2.81. The zero-order valence-electron chi connectivity index (χ0n) is 21.5. The van der Waals surface area contributed by atoms with Crippen molar-refractivity contribution in [1.82, 2.24) is 9.97 Å². The second-order valence-electron chi connectivity index (χ2n) is 5.87. The van der Waals surface area contributed by atoms with Crippen molar-refractivity contribution < 1.29 is 25.5 Å². The van der Waals surface area contributed by atoms with E-state index in [-0.39, 0.29) is 41.8 Å². The molecule has 0 atom stereocenters. The van der Waals surface area contributed by atoms with Crippen LogP contribution in [0.25, 0.3) is 0 Å². The summed E-state index contributed by atoms with van der Waals surface area (Å²) in [4.78, 5) is 19.4. The molecular formula is C22H22FN5O3. The first-order chi connectivity index (χ1) is 17.0. The molecule has 3 N–H and O–H groups in total. The van der Waals surface area contributed by atoms with Gasteiger partial charge in [0.15, 0.2) is 11.6 Å². The van der Waals surface area contributed by atoms with Gasteiger partial charge >= 0.3 is 0 Å². The molecule has 0 fully saturated rings. The Morgan fingerprint density at radius 2 is 2.03 bits per heavy atom. The lowest BCUT2D eigenvalue weighted by molar-refractivity contribution is -0.111. The molecule has 0 aliphatic heterocycles. The number of methoxy groups -OCH3 is 1. The third-order valence-electron chi connectivity index (χ3n) is 3.63. The predicted molar refractivity (Wildman–Crippen MR) is 118 cm³/mol. The van der Waals surface area contributed by atoms with Crippen LogP contribution in [0.4, 0.5) is 33.2 Å². The topological polar surface area (TPSA) is 97.4 Å². The molecule has 1 amide bonds. The van der Waals surface area contributed by atoms with Gasteiger partial charge in [0.05, 0.1) is 19.6 Å². The molecule has 0 bridgehead atoms. The smallest absolute Gasteiger partial charge is 0.247 e. The number of nitrogens with zero attached hydrogens (tertiary/aromatic N) is 2. The monoisotopic (exact) mass is 428 g/mol. The fraction of sp³-hybridized carbons (Fsp3) is 0.136. The van der Waals surface area contributed by atoms with Crippen molar-refractivity contribution >= 4 is 34.7 Å². The van der Waals surface area contributed by atoms with E-state index in [1.807, 2.05) is 0 Å². The number of hydrogen-bond donors (Lipinski definition) is 3. The Hall–Kier alpha value is -3.98.